The van der Waals surface area contributed by atoms with Crippen LogP contribution in [-0.2, 0) is 4.74 Å². The Morgan fingerprint density at radius 2 is 2.15 bits per heavy atom. The van der Waals surface area contributed by atoms with Crippen LogP contribution in [0.4, 0.5) is 0 Å². The number of nitrogens with zero attached hydrogens (tertiary/aromatic N) is 1. The second kappa shape index (κ2) is 7.06. The summed E-state index contributed by atoms with van der Waals surface area (Å²) in [5, 5.41) is 1.87. The summed E-state index contributed by atoms with van der Waals surface area (Å²) in [5.74, 6) is 5.63. The van der Waals surface area contributed by atoms with Crippen molar-refractivity contribution in [3.63, 3.8) is 0 Å². The maximum atomic E-state index is 12.2. The summed E-state index contributed by atoms with van der Waals surface area (Å²) in [6, 6.07) is 5.57. The number of ether oxygens (including phenoxy) is 1. The molecule has 0 radical (unpaired) electrons. The molecule has 0 aliphatic carbocycles. The lowest BCUT2D eigenvalue weighted by Crippen LogP contribution is -2.48. The highest BCUT2D eigenvalue weighted by atomic mass is 16.5. The largest absolute Gasteiger partial charge is 0.379 e. The number of nitrogens with one attached hydrogen (secondary N) is 1. The molecule has 0 aromatic heterocycles. The van der Waals surface area contributed by atoms with Crippen LogP contribution in [0, 0.1) is 18.8 Å². The van der Waals surface area contributed by atoms with Gasteiger partial charge in [0.1, 0.15) is 0 Å². The molecule has 1 heterocycles. The third-order valence-electron chi connectivity index (χ3n) is 2.95. The Hall–Kier alpha value is -1.87. The first kappa shape index (κ1) is 14.5. The molecule has 106 valence electrons. The zero-order valence-electron chi connectivity index (χ0n) is 11.6. The lowest BCUT2D eigenvalue weighted by Gasteiger charge is -2.27. The Labute approximate surface area is 119 Å². The Bertz CT molecular complexity index is 540. The maximum Gasteiger partial charge on any atom is 0.265 e. The molecule has 1 aromatic carbocycles. The van der Waals surface area contributed by atoms with E-state index in [1.807, 2.05) is 24.1 Å². The number of amides is 1. The molecule has 2 rings (SSSR count). The van der Waals surface area contributed by atoms with Crippen molar-refractivity contribution in [2.75, 3.05) is 32.8 Å². The van der Waals surface area contributed by atoms with Crippen molar-refractivity contribution in [3.05, 3.63) is 34.9 Å². The fourth-order valence-corrected chi connectivity index (χ4v) is 2.02. The van der Waals surface area contributed by atoms with E-state index < -0.39 is 0 Å². The Morgan fingerprint density at radius 1 is 1.40 bits per heavy atom. The Balaban J connectivity index is 2.10. The number of morpholine rings is 1. The smallest absolute Gasteiger partial charge is 0.265 e. The van der Waals surface area contributed by atoms with Crippen molar-refractivity contribution < 1.29 is 9.53 Å². The van der Waals surface area contributed by atoms with Crippen LogP contribution in [0.5, 0.6) is 0 Å². The van der Waals surface area contributed by atoms with E-state index in [-0.39, 0.29) is 5.91 Å². The van der Waals surface area contributed by atoms with E-state index in [2.05, 4.69) is 17.3 Å². The van der Waals surface area contributed by atoms with Crippen molar-refractivity contribution in [2.24, 2.45) is 5.73 Å². The number of carbonyl (C=O) groups is 1. The van der Waals surface area contributed by atoms with E-state index in [0.29, 0.717) is 38.4 Å². The van der Waals surface area contributed by atoms with Crippen LogP contribution in [0.1, 0.15) is 21.5 Å². The molecule has 1 aliphatic heterocycles. The zero-order valence-corrected chi connectivity index (χ0v) is 11.6. The number of nitrogens with two attached hydrogens (primary N) is 1. The molecule has 5 nitrogen and oxygen atoms in total. The molecule has 20 heavy (non-hydrogen) atoms. The predicted octanol–water partition coefficient (Wildman–Crippen LogP) is 0.282. The molecule has 1 amide bonds. The minimum Gasteiger partial charge on any atom is -0.379 e. The van der Waals surface area contributed by atoms with E-state index in [1.165, 1.54) is 0 Å². The van der Waals surface area contributed by atoms with Crippen molar-refractivity contribution >= 4 is 5.91 Å². The summed E-state index contributed by atoms with van der Waals surface area (Å²) in [5.41, 5.74) is 10.7. The van der Waals surface area contributed by atoms with Gasteiger partial charge in [0, 0.05) is 24.2 Å². The van der Waals surface area contributed by atoms with E-state index in [9.17, 15) is 4.79 Å². The Kier molecular flexibility index (Phi) is 5.13. The molecule has 0 unspecified atom stereocenters. The third-order valence-corrected chi connectivity index (χ3v) is 2.95. The van der Waals surface area contributed by atoms with Gasteiger partial charge in [-0.2, -0.15) is 0 Å². The number of carbonyl (C=O) groups excluding carboxylic acids is 1. The van der Waals surface area contributed by atoms with Gasteiger partial charge < -0.3 is 10.5 Å². The monoisotopic (exact) mass is 273 g/mol. The number of hydrazine groups is 1. The zero-order chi connectivity index (χ0) is 14.4. The number of benzene rings is 1. The van der Waals surface area contributed by atoms with Crippen LogP contribution in [0.15, 0.2) is 18.2 Å². The van der Waals surface area contributed by atoms with E-state index >= 15 is 0 Å². The summed E-state index contributed by atoms with van der Waals surface area (Å²) < 4.78 is 5.25. The van der Waals surface area contributed by atoms with Gasteiger partial charge >= 0.3 is 0 Å². The van der Waals surface area contributed by atoms with Crippen LogP contribution < -0.4 is 11.2 Å². The molecule has 0 bridgehead atoms. The lowest BCUT2D eigenvalue weighted by atomic mass is 10.1. The molecule has 1 fully saturated rings. The highest BCUT2D eigenvalue weighted by Crippen LogP contribution is 2.09. The standard InChI is InChI=1S/C15H19N3O2/c1-12-9-13(3-2-4-16)11-14(10-12)15(19)17-18-5-7-20-8-6-18/h9-11H,4-8,16H2,1H3,(H,17,19). The van der Waals surface area contributed by atoms with Crippen LogP contribution in [-0.4, -0.2) is 43.8 Å². The molecule has 0 spiro atoms. The van der Waals surface area contributed by atoms with Crippen LogP contribution in [0.2, 0.25) is 0 Å². The van der Waals surface area contributed by atoms with E-state index in [0.717, 1.165) is 11.1 Å². The summed E-state index contributed by atoms with van der Waals surface area (Å²) in [7, 11) is 0. The quantitative estimate of drug-likeness (QED) is 0.760. The van der Waals surface area contributed by atoms with Crippen LogP contribution in [0.3, 0.4) is 0 Å². The second-order valence-corrected chi connectivity index (χ2v) is 4.63. The lowest BCUT2D eigenvalue weighted by molar-refractivity contribution is 0.0126. The molecule has 1 saturated heterocycles. The van der Waals surface area contributed by atoms with E-state index in [4.69, 9.17) is 10.5 Å². The summed E-state index contributed by atoms with van der Waals surface area (Å²) in [6.45, 7) is 4.94. The topological polar surface area (TPSA) is 67.6 Å². The SMILES string of the molecule is Cc1cc(C#CCN)cc(C(=O)NN2CCOCC2)c1. The summed E-state index contributed by atoms with van der Waals surface area (Å²) >= 11 is 0. The van der Waals surface area contributed by atoms with Crippen LogP contribution in [0.25, 0.3) is 0 Å². The molecule has 3 N–H and O–H groups in total. The van der Waals surface area contributed by atoms with Crippen molar-refractivity contribution in [2.45, 2.75) is 6.92 Å². The number of hydrogen-bond acceptors (Lipinski definition) is 4. The van der Waals surface area contributed by atoms with Gasteiger partial charge in [0.25, 0.3) is 5.91 Å². The normalized spacial score (nSPS) is 15.3. The van der Waals surface area contributed by atoms with Crippen molar-refractivity contribution in [3.8, 4) is 11.8 Å². The van der Waals surface area contributed by atoms with E-state index in [1.54, 1.807) is 6.07 Å². The molecular weight excluding hydrogens is 254 g/mol. The molecule has 0 saturated carbocycles. The minimum absolute atomic E-state index is 0.119. The number of aryl methyl sites for hydroxylation is 1. The average molecular weight is 273 g/mol. The van der Waals surface area contributed by atoms with Gasteiger partial charge in [0.2, 0.25) is 0 Å². The van der Waals surface area contributed by atoms with Gasteiger partial charge in [0.15, 0.2) is 0 Å². The van der Waals surface area contributed by atoms with Crippen molar-refractivity contribution in [1.29, 1.82) is 0 Å². The fraction of sp³-hybridized carbons (Fsp3) is 0.400. The van der Waals surface area contributed by atoms with Gasteiger partial charge in [-0.25, -0.2) is 5.01 Å². The predicted molar refractivity (Wildman–Crippen MR) is 77.0 cm³/mol. The highest BCUT2D eigenvalue weighted by Gasteiger charge is 2.14. The molecule has 0 atom stereocenters. The average Bonchev–Trinajstić information content (AvgIpc) is 2.45. The maximum absolute atomic E-state index is 12.2. The van der Waals surface area contributed by atoms with Gasteiger partial charge in [-0.15, -0.1) is 0 Å². The first-order valence-electron chi connectivity index (χ1n) is 6.63. The molecular formula is C15H19N3O2. The fourth-order valence-electron chi connectivity index (χ4n) is 2.02. The van der Waals surface area contributed by atoms with Gasteiger partial charge in [0.05, 0.1) is 19.8 Å². The molecule has 1 aliphatic rings. The molecule has 5 heteroatoms. The minimum atomic E-state index is -0.119. The number of rotatable bonds is 2. The van der Waals surface area contributed by atoms with Gasteiger partial charge in [-0.05, 0) is 30.7 Å². The summed E-state index contributed by atoms with van der Waals surface area (Å²) in [4.78, 5) is 12.2. The number of hydrogen-bond donors (Lipinski definition) is 2. The van der Waals surface area contributed by atoms with Crippen molar-refractivity contribution in [1.82, 2.24) is 10.4 Å². The summed E-state index contributed by atoms with van der Waals surface area (Å²) in [6.07, 6.45) is 0. The highest BCUT2D eigenvalue weighted by molar-refractivity contribution is 5.94. The van der Waals surface area contributed by atoms with Gasteiger partial charge in [-0.1, -0.05) is 11.8 Å². The van der Waals surface area contributed by atoms with Crippen LogP contribution >= 0.6 is 0 Å². The third kappa shape index (κ3) is 4.07. The molecule has 1 aromatic rings. The first-order valence-corrected chi connectivity index (χ1v) is 6.63. The first-order chi connectivity index (χ1) is 9.69. The Morgan fingerprint density at radius 3 is 2.85 bits per heavy atom. The van der Waals surface area contributed by atoms with Gasteiger partial charge in [-0.3, -0.25) is 10.2 Å². The second-order valence-electron chi connectivity index (χ2n) is 4.63.